The van der Waals surface area contributed by atoms with Gasteiger partial charge >= 0.3 is 0 Å². The summed E-state index contributed by atoms with van der Waals surface area (Å²) in [6.45, 7) is 3.15. The molecule has 0 spiro atoms. The van der Waals surface area contributed by atoms with Crippen molar-refractivity contribution in [2.24, 2.45) is 0 Å². The highest BCUT2D eigenvalue weighted by Gasteiger charge is 2.14. The maximum atomic E-state index is 5.62. The van der Waals surface area contributed by atoms with Gasteiger partial charge in [-0.2, -0.15) is 0 Å². The zero-order valence-corrected chi connectivity index (χ0v) is 7.42. The molecule has 1 heterocycles. The summed E-state index contributed by atoms with van der Waals surface area (Å²) in [5, 5.41) is 0. The molecular formula is C11H14O. The van der Waals surface area contributed by atoms with Gasteiger partial charge in [-0.1, -0.05) is 25.1 Å². The molecule has 0 saturated carbocycles. The summed E-state index contributed by atoms with van der Waals surface area (Å²) < 4.78 is 5.62. The first-order valence-corrected chi connectivity index (χ1v) is 4.59. The largest absolute Gasteiger partial charge is 0.493 e. The summed E-state index contributed by atoms with van der Waals surface area (Å²) in [6.07, 6.45) is 2.42. The predicted molar refractivity (Wildman–Crippen MR) is 49.6 cm³/mol. The number of hydrogen-bond acceptors (Lipinski definition) is 1. The van der Waals surface area contributed by atoms with Crippen LogP contribution < -0.4 is 4.74 Å². The van der Waals surface area contributed by atoms with Crippen LogP contribution in [0, 0.1) is 0 Å². The molecule has 0 radical (unpaired) electrons. The number of benzene rings is 1. The second kappa shape index (κ2) is 3.18. The first-order valence-electron chi connectivity index (χ1n) is 4.59. The predicted octanol–water partition coefficient (Wildman–Crippen LogP) is 2.96. The Morgan fingerprint density at radius 1 is 1.33 bits per heavy atom. The van der Waals surface area contributed by atoms with E-state index in [0.29, 0.717) is 5.92 Å². The molecule has 0 aromatic heterocycles. The van der Waals surface area contributed by atoms with Gasteiger partial charge in [-0.05, 0) is 30.4 Å². The van der Waals surface area contributed by atoms with E-state index in [4.69, 9.17) is 4.74 Å². The van der Waals surface area contributed by atoms with E-state index >= 15 is 0 Å². The van der Waals surface area contributed by atoms with Crippen LogP contribution in [0.25, 0.3) is 0 Å². The van der Waals surface area contributed by atoms with Crippen LogP contribution in [-0.2, 0) is 0 Å². The van der Waals surface area contributed by atoms with Crippen molar-refractivity contribution in [3.63, 3.8) is 0 Å². The highest BCUT2D eigenvalue weighted by molar-refractivity contribution is 5.36. The molecule has 0 saturated heterocycles. The van der Waals surface area contributed by atoms with Gasteiger partial charge in [0.15, 0.2) is 0 Å². The summed E-state index contributed by atoms with van der Waals surface area (Å²) in [5.41, 5.74) is 1.37. The highest BCUT2D eigenvalue weighted by Crippen LogP contribution is 2.31. The molecule has 0 unspecified atom stereocenters. The van der Waals surface area contributed by atoms with Crippen LogP contribution in [0.5, 0.6) is 5.75 Å². The zero-order chi connectivity index (χ0) is 8.39. The summed E-state index contributed by atoms with van der Waals surface area (Å²) in [5.74, 6) is 1.74. The van der Waals surface area contributed by atoms with Gasteiger partial charge in [0.05, 0.1) is 6.61 Å². The lowest BCUT2D eigenvalue weighted by Crippen LogP contribution is -1.93. The van der Waals surface area contributed by atoms with Crippen LogP contribution >= 0.6 is 0 Å². The molecule has 0 aliphatic carbocycles. The molecule has 1 heteroatoms. The lowest BCUT2D eigenvalue weighted by molar-refractivity contribution is 0.316. The van der Waals surface area contributed by atoms with Gasteiger partial charge in [0.1, 0.15) is 5.75 Å². The first-order chi connectivity index (χ1) is 5.88. The van der Waals surface area contributed by atoms with E-state index in [9.17, 15) is 0 Å². The SMILES string of the molecule is C[C@@H]1CCCOc2ccccc21. The Labute approximate surface area is 73.4 Å². The Morgan fingerprint density at radius 3 is 3.08 bits per heavy atom. The average Bonchev–Trinajstić information content (AvgIpc) is 2.29. The Kier molecular flexibility index (Phi) is 2.03. The van der Waals surface area contributed by atoms with Crippen LogP contribution in [0.2, 0.25) is 0 Å². The Bertz CT molecular complexity index is 267. The first kappa shape index (κ1) is 7.66. The second-order valence-electron chi connectivity index (χ2n) is 3.43. The molecule has 0 amide bonds. The van der Waals surface area contributed by atoms with Crippen LogP contribution in [0.3, 0.4) is 0 Å². The fourth-order valence-electron chi connectivity index (χ4n) is 1.75. The number of hydrogen-bond donors (Lipinski definition) is 0. The Morgan fingerprint density at radius 2 is 2.17 bits per heavy atom. The lowest BCUT2D eigenvalue weighted by Gasteiger charge is -2.10. The molecule has 0 bridgehead atoms. The third-order valence-corrected chi connectivity index (χ3v) is 2.49. The maximum Gasteiger partial charge on any atom is 0.122 e. The quantitative estimate of drug-likeness (QED) is 0.570. The van der Waals surface area contributed by atoms with E-state index in [2.05, 4.69) is 25.1 Å². The molecular weight excluding hydrogens is 148 g/mol. The summed E-state index contributed by atoms with van der Waals surface area (Å²) in [6, 6.07) is 8.36. The van der Waals surface area contributed by atoms with Crippen molar-refractivity contribution < 1.29 is 4.74 Å². The zero-order valence-electron chi connectivity index (χ0n) is 7.42. The third kappa shape index (κ3) is 1.31. The minimum absolute atomic E-state index is 0.656. The normalized spacial score (nSPS) is 22.2. The van der Waals surface area contributed by atoms with Gasteiger partial charge in [-0.15, -0.1) is 0 Å². The monoisotopic (exact) mass is 162 g/mol. The fraction of sp³-hybridized carbons (Fsp3) is 0.455. The molecule has 1 aliphatic rings. The van der Waals surface area contributed by atoms with Crippen molar-refractivity contribution in [2.75, 3.05) is 6.61 Å². The molecule has 1 aliphatic heterocycles. The van der Waals surface area contributed by atoms with Gasteiger partial charge in [-0.3, -0.25) is 0 Å². The topological polar surface area (TPSA) is 9.23 Å². The van der Waals surface area contributed by atoms with E-state index in [-0.39, 0.29) is 0 Å². The minimum atomic E-state index is 0.656. The molecule has 1 nitrogen and oxygen atoms in total. The fourth-order valence-corrected chi connectivity index (χ4v) is 1.75. The minimum Gasteiger partial charge on any atom is -0.493 e. The van der Waals surface area contributed by atoms with Crippen LogP contribution in [0.15, 0.2) is 24.3 Å². The van der Waals surface area contributed by atoms with Crippen LogP contribution in [0.4, 0.5) is 0 Å². The molecule has 1 aromatic rings. The number of rotatable bonds is 0. The lowest BCUT2D eigenvalue weighted by atomic mass is 9.97. The number of para-hydroxylation sites is 1. The molecule has 2 rings (SSSR count). The molecule has 0 fully saturated rings. The van der Waals surface area contributed by atoms with Gasteiger partial charge in [-0.25, -0.2) is 0 Å². The third-order valence-electron chi connectivity index (χ3n) is 2.49. The number of fused-ring (bicyclic) bond motifs is 1. The smallest absolute Gasteiger partial charge is 0.122 e. The maximum absolute atomic E-state index is 5.62. The van der Waals surface area contributed by atoms with Crippen molar-refractivity contribution >= 4 is 0 Å². The van der Waals surface area contributed by atoms with Gasteiger partial charge in [0, 0.05) is 0 Å². The molecule has 12 heavy (non-hydrogen) atoms. The van der Waals surface area contributed by atoms with E-state index < -0.39 is 0 Å². The number of ether oxygens (including phenoxy) is 1. The van der Waals surface area contributed by atoms with Gasteiger partial charge in [0.25, 0.3) is 0 Å². The summed E-state index contributed by atoms with van der Waals surface area (Å²) in [4.78, 5) is 0. The van der Waals surface area contributed by atoms with Gasteiger partial charge < -0.3 is 4.74 Å². The Balaban J connectivity index is 2.39. The van der Waals surface area contributed by atoms with E-state index in [1.807, 2.05) is 6.07 Å². The van der Waals surface area contributed by atoms with Crippen molar-refractivity contribution in [3.05, 3.63) is 29.8 Å². The van der Waals surface area contributed by atoms with Crippen molar-refractivity contribution in [2.45, 2.75) is 25.7 Å². The molecule has 1 aromatic carbocycles. The van der Waals surface area contributed by atoms with E-state index in [1.165, 1.54) is 18.4 Å². The summed E-state index contributed by atoms with van der Waals surface area (Å²) in [7, 11) is 0. The Hall–Kier alpha value is -0.980. The summed E-state index contributed by atoms with van der Waals surface area (Å²) >= 11 is 0. The van der Waals surface area contributed by atoms with Crippen LogP contribution in [-0.4, -0.2) is 6.61 Å². The van der Waals surface area contributed by atoms with Crippen LogP contribution in [0.1, 0.15) is 31.2 Å². The molecule has 1 atom stereocenters. The molecule has 0 N–H and O–H groups in total. The van der Waals surface area contributed by atoms with Crippen molar-refractivity contribution in [1.82, 2.24) is 0 Å². The van der Waals surface area contributed by atoms with Crippen molar-refractivity contribution in [1.29, 1.82) is 0 Å². The second-order valence-corrected chi connectivity index (χ2v) is 3.43. The average molecular weight is 162 g/mol. The van der Waals surface area contributed by atoms with Gasteiger partial charge in [0.2, 0.25) is 0 Å². The van der Waals surface area contributed by atoms with E-state index in [1.54, 1.807) is 0 Å². The van der Waals surface area contributed by atoms with E-state index in [0.717, 1.165) is 12.4 Å². The highest BCUT2D eigenvalue weighted by atomic mass is 16.5. The molecule has 64 valence electrons. The standard InChI is InChI=1S/C11H14O/c1-9-5-4-8-12-11-7-3-2-6-10(9)11/h2-3,6-7,9H,4-5,8H2,1H3/t9-/m1/s1. The van der Waals surface area contributed by atoms with Crippen molar-refractivity contribution in [3.8, 4) is 5.75 Å².